The Hall–Kier alpha value is -1.29. The van der Waals surface area contributed by atoms with Crippen molar-refractivity contribution >= 4 is 17.7 Å². The summed E-state index contributed by atoms with van der Waals surface area (Å²) in [7, 11) is 0. The van der Waals surface area contributed by atoms with Gasteiger partial charge < -0.3 is 9.64 Å². The lowest BCUT2D eigenvalue weighted by atomic mass is 9.98. The predicted octanol–water partition coefficient (Wildman–Crippen LogP) is 4.20. The van der Waals surface area contributed by atoms with Gasteiger partial charge in [0, 0.05) is 19.0 Å². The van der Waals surface area contributed by atoms with E-state index in [4.69, 9.17) is 16.3 Å². The number of amides is 1. The average molecular weight is 300 g/mol. The van der Waals surface area contributed by atoms with Crippen LogP contribution in [0.2, 0.25) is 5.02 Å². The molecule has 1 atom stereocenters. The lowest BCUT2D eigenvalue weighted by Gasteiger charge is -2.24. The fraction of sp³-hybridized carbons (Fsp3) is 0.533. The van der Waals surface area contributed by atoms with Gasteiger partial charge in [0.1, 0.15) is 11.4 Å². The van der Waals surface area contributed by atoms with Crippen molar-refractivity contribution in [3.8, 4) is 0 Å². The van der Waals surface area contributed by atoms with Crippen LogP contribution in [0.15, 0.2) is 18.2 Å². The van der Waals surface area contributed by atoms with Crippen LogP contribution in [0.1, 0.15) is 38.7 Å². The summed E-state index contributed by atoms with van der Waals surface area (Å²) in [6, 6.07) is 4.73. The molecule has 1 amide bonds. The molecule has 0 radical (unpaired) electrons. The molecule has 0 saturated carbocycles. The van der Waals surface area contributed by atoms with Crippen LogP contribution >= 0.6 is 11.6 Å². The summed E-state index contributed by atoms with van der Waals surface area (Å²) in [5.74, 6) is -0.238. The number of nitrogens with zero attached hydrogens (tertiary/aromatic N) is 1. The second-order valence-corrected chi connectivity index (χ2v) is 6.49. The lowest BCUT2D eigenvalue weighted by Crippen LogP contribution is -2.35. The Morgan fingerprint density at radius 1 is 1.45 bits per heavy atom. The quantitative estimate of drug-likeness (QED) is 0.777. The second-order valence-electron chi connectivity index (χ2n) is 6.09. The minimum absolute atomic E-state index is 0.123. The largest absolute Gasteiger partial charge is 0.444 e. The van der Waals surface area contributed by atoms with E-state index in [1.807, 2.05) is 20.8 Å². The molecule has 20 heavy (non-hydrogen) atoms. The number of carbonyl (C=O) groups excluding carboxylic acids is 1. The fourth-order valence-electron chi connectivity index (χ4n) is 2.29. The highest BCUT2D eigenvalue weighted by Gasteiger charge is 2.30. The molecular formula is C15H19ClFNO2. The monoisotopic (exact) mass is 299 g/mol. The highest BCUT2D eigenvalue weighted by atomic mass is 35.5. The van der Waals surface area contributed by atoms with Crippen LogP contribution in [0.3, 0.4) is 0 Å². The van der Waals surface area contributed by atoms with E-state index in [9.17, 15) is 9.18 Å². The molecule has 1 saturated heterocycles. The van der Waals surface area contributed by atoms with Crippen LogP contribution in [0, 0.1) is 5.82 Å². The first-order valence-corrected chi connectivity index (χ1v) is 7.07. The maximum atomic E-state index is 13.2. The van der Waals surface area contributed by atoms with Crippen LogP contribution in [-0.4, -0.2) is 29.7 Å². The van der Waals surface area contributed by atoms with Gasteiger partial charge in [-0.25, -0.2) is 9.18 Å². The Balaban J connectivity index is 2.01. The van der Waals surface area contributed by atoms with Gasteiger partial charge in [0.25, 0.3) is 0 Å². The molecular weight excluding hydrogens is 281 g/mol. The van der Waals surface area contributed by atoms with E-state index in [-0.39, 0.29) is 17.0 Å². The van der Waals surface area contributed by atoms with Gasteiger partial charge in [-0.3, -0.25) is 0 Å². The molecule has 1 fully saturated rings. The molecule has 1 unspecified atom stereocenters. The van der Waals surface area contributed by atoms with Crippen molar-refractivity contribution in [2.75, 3.05) is 13.1 Å². The Kier molecular flexibility index (Phi) is 4.23. The number of carbonyl (C=O) groups is 1. The van der Waals surface area contributed by atoms with Gasteiger partial charge in [-0.1, -0.05) is 17.7 Å². The van der Waals surface area contributed by atoms with Crippen LogP contribution in [-0.2, 0) is 4.74 Å². The second kappa shape index (κ2) is 5.60. The first-order chi connectivity index (χ1) is 9.26. The Bertz CT molecular complexity index is 513. The molecule has 1 heterocycles. The van der Waals surface area contributed by atoms with Crippen LogP contribution in [0.25, 0.3) is 0 Å². The van der Waals surface area contributed by atoms with E-state index in [1.54, 1.807) is 17.0 Å². The van der Waals surface area contributed by atoms with E-state index >= 15 is 0 Å². The van der Waals surface area contributed by atoms with Crippen molar-refractivity contribution in [1.82, 2.24) is 4.90 Å². The van der Waals surface area contributed by atoms with Crippen molar-refractivity contribution in [2.24, 2.45) is 0 Å². The van der Waals surface area contributed by atoms with Crippen molar-refractivity contribution in [3.05, 3.63) is 34.6 Å². The highest BCUT2D eigenvalue weighted by molar-refractivity contribution is 6.30. The number of benzene rings is 1. The van der Waals surface area contributed by atoms with Crippen LogP contribution in [0.5, 0.6) is 0 Å². The highest BCUT2D eigenvalue weighted by Crippen LogP contribution is 2.30. The summed E-state index contributed by atoms with van der Waals surface area (Å²) in [4.78, 5) is 13.7. The summed E-state index contributed by atoms with van der Waals surface area (Å²) in [5, 5.41) is 0.123. The molecule has 1 aliphatic rings. The lowest BCUT2D eigenvalue weighted by molar-refractivity contribution is 0.0292. The minimum Gasteiger partial charge on any atom is -0.444 e. The first kappa shape index (κ1) is 15.1. The molecule has 5 heteroatoms. The SMILES string of the molecule is CC(C)(C)OC(=O)N1CCC(c2ccc(F)c(Cl)c2)C1. The zero-order valence-corrected chi connectivity index (χ0v) is 12.7. The Morgan fingerprint density at radius 2 is 2.15 bits per heavy atom. The zero-order valence-electron chi connectivity index (χ0n) is 12.0. The third-order valence-corrected chi connectivity index (χ3v) is 3.54. The normalized spacial score (nSPS) is 19.2. The third kappa shape index (κ3) is 3.63. The number of halogens is 2. The molecule has 0 spiro atoms. The van der Waals surface area contributed by atoms with E-state index < -0.39 is 11.4 Å². The molecule has 1 aromatic carbocycles. The van der Waals surface area contributed by atoms with Crippen molar-refractivity contribution < 1.29 is 13.9 Å². The van der Waals surface area contributed by atoms with Gasteiger partial charge >= 0.3 is 6.09 Å². The maximum absolute atomic E-state index is 13.2. The van der Waals surface area contributed by atoms with Gasteiger partial charge in [-0.15, -0.1) is 0 Å². The zero-order chi connectivity index (χ0) is 14.9. The molecule has 1 aliphatic heterocycles. The summed E-state index contributed by atoms with van der Waals surface area (Å²) in [6.45, 7) is 6.76. The molecule has 0 aliphatic carbocycles. The van der Waals surface area contributed by atoms with Crippen LogP contribution in [0.4, 0.5) is 9.18 Å². The minimum atomic E-state index is -0.492. The number of rotatable bonds is 1. The van der Waals surface area contributed by atoms with Gasteiger partial charge in [0.15, 0.2) is 0 Å². The molecule has 2 rings (SSSR count). The first-order valence-electron chi connectivity index (χ1n) is 6.69. The topological polar surface area (TPSA) is 29.5 Å². The van der Waals surface area contributed by atoms with Gasteiger partial charge in [0.05, 0.1) is 5.02 Å². The van der Waals surface area contributed by atoms with E-state index in [2.05, 4.69) is 0 Å². The summed E-state index contributed by atoms with van der Waals surface area (Å²) >= 11 is 5.80. The number of hydrogen-bond acceptors (Lipinski definition) is 2. The van der Waals surface area contributed by atoms with Crippen molar-refractivity contribution in [2.45, 2.75) is 38.7 Å². The average Bonchev–Trinajstić information content (AvgIpc) is 2.80. The standard InChI is InChI=1S/C15H19ClFNO2/c1-15(2,3)20-14(19)18-7-6-11(9-18)10-4-5-13(17)12(16)8-10/h4-5,8,11H,6-7,9H2,1-3H3. The van der Waals surface area contributed by atoms with Gasteiger partial charge in [0.2, 0.25) is 0 Å². The number of ether oxygens (including phenoxy) is 1. The van der Waals surface area contributed by atoms with E-state index in [0.29, 0.717) is 13.1 Å². The summed E-state index contributed by atoms with van der Waals surface area (Å²) < 4.78 is 18.5. The van der Waals surface area contributed by atoms with E-state index in [1.165, 1.54) is 6.07 Å². The molecule has 0 bridgehead atoms. The molecule has 0 aromatic heterocycles. The van der Waals surface area contributed by atoms with Crippen molar-refractivity contribution in [3.63, 3.8) is 0 Å². The van der Waals surface area contributed by atoms with Gasteiger partial charge in [-0.2, -0.15) is 0 Å². The molecule has 1 aromatic rings. The smallest absolute Gasteiger partial charge is 0.410 e. The van der Waals surface area contributed by atoms with E-state index in [0.717, 1.165) is 12.0 Å². The molecule has 0 N–H and O–H groups in total. The summed E-state index contributed by atoms with van der Waals surface area (Å²) in [5.41, 5.74) is 0.469. The Morgan fingerprint density at radius 3 is 2.75 bits per heavy atom. The Labute approximate surface area is 123 Å². The number of likely N-dealkylation sites (tertiary alicyclic amines) is 1. The maximum Gasteiger partial charge on any atom is 0.410 e. The van der Waals surface area contributed by atoms with Crippen LogP contribution < -0.4 is 0 Å². The molecule has 110 valence electrons. The third-order valence-electron chi connectivity index (χ3n) is 3.26. The predicted molar refractivity (Wildman–Crippen MR) is 76.6 cm³/mol. The van der Waals surface area contributed by atoms with Gasteiger partial charge in [-0.05, 0) is 44.9 Å². The fourth-order valence-corrected chi connectivity index (χ4v) is 2.48. The number of hydrogen-bond donors (Lipinski definition) is 0. The molecule has 3 nitrogen and oxygen atoms in total. The summed E-state index contributed by atoms with van der Waals surface area (Å²) in [6.07, 6.45) is 0.537. The van der Waals surface area contributed by atoms with Crippen molar-refractivity contribution in [1.29, 1.82) is 0 Å².